The van der Waals surface area contributed by atoms with E-state index >= 15 is 0 Å². The number of hydrogen-bond acceptors (Lipinski definition) is 3. The van der Waals surface area contributed by atoms with E-state index in [1.807, 2.05) is 0 Å². The van der Waals surface area contributed by atoms with E-state index < -0.39 is 17.7 Å². The van der Waals surface area contributed by atoms with Gasteiger partial charge in [0.05, 0.1) is 5.57 Å². The molecule has 0 aromatic carbocycles. The summed E-state index contributed by atoms with van der Waals surface area (Å²) in [6, 6.07) is 0. The molecule has 18 heavy (non-hydrogen) atoms. The zero-order valence-corrected chi connectivity index (χ0v) is 10.9. The van der Waals surface area contributed by atoms with E-state index in [9.17, 15) is 9.59 Å². The lowest BCUT2D eigenvalue weighted by Gasteiger charge is -2.21. The molecule has 5 heteroatoms. The number of rotatable bonds is 3. The van der Waals surface area contributed by atoms with Crippen LogP contribution in [0.1, 0.15) is 27.2 Å². The summed E-state index contributed by atoms with van der Waals surface area (Å²) in [6.07, 6.45) is 5.16. The maximum Gasteiger partial charge on any atom is 0.407 e. The van der Waals surface area contributed by atoms with Crippen LogP contribution in [0.4, 0.5) is 4.79 Å². The first-order valence-corrected chi connectivity index (χ1v) is 5.86. The summed E-state index contributed by atoms with van der Waals surface area (Å²) < 4.78 is 5.10. The lowest BCUT2D eigenvalue weighted by molar-refractivity contribution is -0.132. The predicted molar refractivity (Wildman–Crippen MR) is 67.2 cm³/mol. The highest BCUT2D eigenvalue weighted by molar-refractivity contribution is 5.90. The molecular formula is C13H19NO4. The zero-order chi connectivity index (χ0) is 13.8. The number of amides is 1. The summed E-state index contributed by atoms with van der Waals surface area (Å²) in [4.78, 5) is 22.1. The molecule has 1 atom stereocenters. The van der Waals surface area contributed by atoms with Crippen LogP contribution in [-0.2, 0) is 9.53 Å². The number of carboxylic acids is 1. The molecule has 0 radical (unpaired) electrons. The minimum Gasteiger partial charge on any atom is -0.478 e. The van der Waals surface area contributed by atoms with Crippen molar-refractivity contribution in [3.63, 3.8) is 0 Å². The second-order valence-corrected chi connectivity index (χ2v) is 5.20. The molecule has 0 aromatic heterocycles. The van der Waals surface area contributed by atoms with Gasteiger partial charge in [-0.05, 0) is 33.1 Å². The lowest BCUT2D eigenvalue weighted by atomic mass is 9.97. The van der Waals surface area contributed by atoms with Gasteiger partial charge in [0.1, 0.15) is 5.60 Å². The second kappa shape index (κ2) is 5.71. The normalized spacial score (nSPS) is 19.1. The van der Waals surface area contributed by atoms with Crippen molar-refractivity contribution >= 4 is 12.1 Å². The highest BCUT2D eigenvalue weighted by Crippen LogP contribution is 2.16. The molecule has 0 aromatic rings. The first-order valence-electron chi connectivity index (χ1n) is 5.86. The van der Waals surface area contributed by atoms with Gasteiger partial charge in [0, 0.05) is 6.54 Å². The summed E-state index contributed by atoms with van der Waals surface area (Å²) in [6.45, 7) is 5.84. The van der Waals surface area contributed by atoms with Gasteiger partial charge in [0.2, 0.25) is 0 Å². The van der Waals surface area contributed by atoms with Crippen molar-refractivity contribution in [2.45, 2.75) is 32.8 Å². The fourth-order valence-corrected chi connectivity index (χ4v) is 1.50. The number of carbonyl (C=O) groups excluding carboxylic acids is 1. The monoisotopic (exact) mass is 253 g/mol. The standard InChI is InChI=1S/C13H19NO4/c1-13(2,3)18-12(17)14-8-9-4-6-10(7-5-9)11(15)16/h4,6-7,9H,5,8H2,1-3H3,(H,14,17)(H,15,16). The molecule has 1 aliphatic rings. The van der Waals surface area contributed by atoms with Gasteiger partial charge in [-0.2, -0.15) is 0 Å². The van der Waals surface area contributed by atoms with Crippen LogP contribution in [0.2, 0.25) is 0 Å². The van der Waals surface area contributed by atoms with Gasteiger partial charge >= 0.3 is 12.1 Å². The molecule has 100 valence electrons. The molecule has 1 aliphatic carbocycles. The Morgan fingerprint density at radius 2 is 2.17 bits per heavy atom. The zero-order valence-electron chi connectivity index (χ0n) is 10.9. The van der Waals surface area contributed by atoms with Crippen LogP contribution < -0.4 is 5.32 Å². The van der Waals surface area contributed by atoms with E-state index in [1.54, 1.807) is 39.0 Å². The van der Waals surface area contributed by atoms with Crippen LogP contribution in [0.5, 0.6) is 0 Å². The fourth-order valence-electron chi connectivity index (χ4n) is 1.50. The minimum atomic E-state index is -0.926. The largest absolute Gasteiger partial charge is 0.478 e. The van der Waals surface area contributed by atoms with Crippen molar-refractivity contribution in [1.82, 2.24) is 5.32 Å². The maximum absolute atomic E-state index is 11.4. The van der Waals surface area contributed by atoms with Crippen molar-refractivity contribution in [3.05, 3.63) is 23.8 Å². The van der Waals surface area contributed by atoms with Crippen LogP contribution in [0.15, 0.2) is 23.8 Å². The van der Waals surface area contributed by atoms with Crippen molar-refractivity contribution < 1.29 is 19.4 Å². The molecule has 0 fully saturated rings. The quantitative estimate of drug-likeness (QED) is 0.807. The Bertz CT molecular complexity index is 390. The first kappa shape index (κ1) is 14.3. The van der Waals surface area contributed by atoms with Crippen LogP contribution in [0.25, 0.3) is 0 Å². The van der Waals surface area contributed by atoms with E-state index in [4.69, 9.17) is 9.84 Å². The number of hydrogen-bond donors (Lipinski definition) is 2. The fraction of sp³-hybridized carbons (Fsp3) is 0.538. The van der Waals surface area contributed by atoms with Crippen LogP contribution in [0, 0.1) is 5.92 Å². The molecule has 1 unspecified atom stereocenters. The van der Waals surface area contributed by atoms with E-state index in [1.165, 1.54) is 0 Å². The van der Waals surface area contributed by atoms with Gasteiger partial charge < -0.3 is 15.2 Å². The summed E-state index contributed by atoms with van der Waals surface area (Å²) in [7, 11) is 0. The third kappa shape index (κ3) is 5.03. The molecule has 0 saturated carbocycles. The Kier molecular flexibility index (Phi) is 4.53. The molecule has 1 amide bonds. The number of carboxylic acid groups (broad SMARTS) is 1. The van der Waals surface area contributed by atoms with E-state index in [0.29, 0.717) is 18.5 Å². The first-order chi connectivity index (χ1) is 8.28. The lowest BCUT2D eigenvalue weighted by Crippen LogP contribution is -2.35. The van der Waals surface area contributed by atoms with Crippen molar-refractivity contribution in [3.8, 4) is 0 Å². The Morgan fingerprint density at radius 3 is 2.61 bits per heavy atom. The Balaban J connectivity index is 2.33. The topological polar surface area (TPSA) is 75.6 Å². The van der Waals surface area contributed by atoms with Crippen LogP contribution in [-0.4, -0.2) is 29.3 Å². The molecule has 0 heterocycles. The van der Waals surface area contributed by atoms with E-state index in [0.717, 1.165) is 0 Å². The summed E-state index contributed by atoms with van der Waals surface area (Å²) >= 11 is 0. The molecular weight excluding hydrogens is 234 g/mol. The van der Waals surface area contributed by atoms with Gasteiger partial charge in [-0.25, -0.2) is 9.59 Å². The Morgan fingerprint density at radius 1 is 1.50 bits per heavy atom. The summed E-state index contributed by atoms with van der Waals surface area (Å²) in [5.41, 5.74) is -0.216. The van der Waals surface area contributed by atoms with Gasteiger partial charge in [-0.15, -0.1) is 0 Å². The summed E-state index contributed by atoms with van der Waals surface area (Å²) in [5.74, 6) is -0.814. The number of alkyl carbamates (subject to hydrolysis) is 1. The van der Waals surface area contributed by atoms with Gasteiger partial charge in [0.15, 0.2) is 0 Å². The molecule has 2 N–H and O–H groups in total. The van der Waals surface area contributed by atoms with Gasteiger partial charge in [0.25, 0.3) is 0 Å². The highest BCUT2D eigenvalue weighted by atomic mass is 16.6. The third-order valence-electron chi connectivity index (χ3n) is 2.34. The molecule has 0 aliphatic heterocycles. The van der Waals surface area contributed by atoms with Crippen molar-refractivity contribution in [1.29, 1.82) is 0 Å². The minimum absolute atomic E-state index is 0.112. The number of carbonyl (C=O) groups is 2. The Labute approximate surface area is 107 Å². The number of ether oxygens (including phenoxy) is 1. The molecule has 0 spiro atoms. The number of aliphatic carboxylic acids is 1. The maximum atomic E-state index is 11.4. The predicted octanol–water partition coefficient (Wildman–Crippen LogP) is 2.10. The summed E-state index contributed by atoms with van der Waals surface area (Å²) in [5, 5.41) is 11.4. The number of nitrogens with one attached hydrogen (secondary N) is 1. The molecule has 0 saturated heterocycles. The third-order valence-corrected chi connectivity index (χ3v) is 2.34. The highest BCUT2D eigenvalue weighted by Gasteiger charge is 2.17. The molecule has 5 nitrogen and oxygen atoms in total. The van der Waals surface area contributed by atoms with Crippen molar-refractivity contribution in [2.24, 2.45) is 5.92 Å². The average Bonchev–Trinajstić information content (AvgIpc) is 2.24. The van der Waals surface area contributed by atoms with Gasteiger partial charge in [-0.1, -0.05) is 18.2 Å². The molecule has 0 bridgehead atoms. The van der Waals surface area contributed by atoms with E-state index in [-0.39, 0.29) is 5.92 Å². The van der Waals surface area contributed by atoms with E-state index in [2.05, 4.69) is 5.32 Å². The van der Waals surface area contributed by atoms with Crippen molar-refractivity contribution in [2.75, 3.05) is 6.54 Å². The second-order valence-electron chi connectivity index (χ2n) is 5.20. The Hall–Kier alpha value is -1.78. The van der Waals surface area contributed by atoms with Crippen LogP contribution in [0.3, 0.4) is 0 Å². The van der Waals surface area contributed by atoms with Gasteiger partial charge in [-0.3, -0.25) is 0 Å². The number of allylic oxidation sites excluding steroid dienone is 1. The average molecular weight is 253 g/mol. The van der Waals surface area contributed by atoms with Crippen LogP contribution >= 0.6 is 0 Å². The molecule has 1 rings (SSSR count). The SMILES string of the molecule is CC(C)(C)OC(=O)NCC1C=CC(C(=O)O)=CC1. The smallest absolute Gasteiger partial charge is 0.407 e.